The molecule has 0 spiro atoms. The zero-order valence-corrected chi connectivity index (χ0v) is 11.3. The van der Waals surface area contributed by atoms with Gasteiger partial charge in [0.25, 0.3) is 5.56 Å². The number of carbonyl (C=O) groups is 1. The first kappa shape index (κ1) is 12.8. The summed E-state index contributed by atoms with van der Waals surface area (Å²) in [6.07, 6.45) is 2.91. The summed E-state index contributed by atoms with van der Waals surface area (Å²) in [7, 11) is 0. The van der Waals surface area contributed by atoms with Gasteiger partial charge in [0, 0.05) is 21.8 Å². The van der Waals surface area contributed by atoms with Crippen LogP contribution in [0.4, 0.5) is 0 Å². The minimum Gasteiger partial charge on any atom is -0.478 e. The summed E-state index contributed by atoms with van der Waals surface area (Å²) in [6.45, 7) is 0. The van der Waals surface area contributed by atoms with E-state index in [9.17, 15) is 9.59 Å². The van der Waals surface area contributed by atoms with Crippen LogP contribution >= 0.6 is 27.7 Å². The Hall–Kier alpha value is -1.60. The van der Waals surface area contributed by atoms with Crippen molar-refractivity contribution in [1.82, 2.24) is 9.97 Å². The Labute approximate surface area is 114 Å². The second-order valence-corrected chi connectivity index (χ2v) is 5.19. The quantitative estimate of drug-likeness (QED) is 0.904. The van der Waals surface area contributed by atoms with E-state index in [4.69, 9.17) is 5.11 Å². The standard InChI is InChI=1S/C11H7BrN2O3S/c12-8-2-1-6(5-7(8)11(16)17)18-10-9(15)13-3-4-14-10/h1-5H,(H,13,15)(H,16,17). The van der Waals surface area contributed by atoms with E-state index in [1.807, 2.05) is 0 Å². The molecule has 0 fully saturated rings. The molecule has 18 heavy (non-hydrogen) atoms. The lowest BCUT2D eigenvalue weighted by Crippen LogP contribution is -2.08. The van der Waals surface area contributed by atoms with Crippen LogP contribution in [0, 0.1) is 0 Å². The lowest BCUT2D eigenvalue weighted by Gasteiger charge is -2.03. The Morgan fingerprint density at radius 1 is 1.44 bits per heavy atom. The first-order valence-corrected chi connectivity index (χ1v) is 6.43. The highest BCUT2D eigenvalue weighted by molar-refractivity contribution is 9.10. The fraction of sp³-hybridized carbons (Fsp3) is 0. The van der Waals surface area contributed by atoms with Crippen LogP contribution in [0.2, 0.25) is 0 Å². The fourth-order valence-corrected chi connectivity index (χ4v) is 2.47. The molecule has 2 aromatic rings. The molecule has 0 aliphatic carbocycles. The second-order valence-electron chi connectivity index (χ2n) is 3.27. The maximum atomic E-state index is 11.4. The number of aromatic amines is 1. The van der Waals surface area contributed by atoms with Crippen molar-refractivity contribution in [3.8, 4) is 0 Å². The second kappa shape index (κ2) is 5.36. The van der Waals surface area contributed by atoms with Crippen LogP contribution in [0.3, 0.4) is 0 Å². The van der Waals surface area contributed by atoms with Gasteiger partial charge in [0.1, 0.15) is 0 Å². The predicted molar refractivity (Wildman–Crippen MR) is 70.1 cm³/mol. The molecule has 2 rings (SSSR count). The van der Waals surface area contributed by atoms with E-state index in [2.05, 4.69) is 25.9 Å². The van der Waals surface area contributed by atoms with E-state index in [1.54, 1.807) is 12.1 Å². The predicted octanol–water partition coefficient (Wildman–Crippen LogP) is 2.38. The van der Waals surface area contributed by atoms with Crippen molar-refractivity contribution in [1.29, 1.82) is 0 Å². The monoisotopic (exact) mass is 326 g/mol. The lowest BCUT2D eigenvalue weighted by molar-refractivity contribution is 0.0695. The highest BCUT2D eigenvalue weighted by Crippen LogP contribution is 2.27. The number of carboxylic acids is 1. The van der Waals surface area contributed by atoms with Crippen LogP contribution < -0.4 is 5.56 Å². The molecule has 0 aliphatic rings. The van der Waals surface area contributed by atoms with Crippen molar-refractivity contribution in [3.05, 3.63) is 51.0 Å². The summed E-state index contributed by atoms with van der Waals surface area (Å²) in [6, 6.07) is 4.84. The summed E-state index contributed by atoms with van der Waals surface area (Å²) in [5, 5.41) is 9.26. The van der Waals surface area contributed by atoms with Gasteiger partial charge in [0.15, 0.2) is 5.03 Å². The first-order valence-electron chi connectivity index (χ1n) is 4.82. The third-order valence-corrected chi connectivity index (χ3v) is 3.72. The van der Waals surface area contributed by atoms with Crippen molar-refractivity contribution >= 4 is 33.7 Å². The van der Waals surface area contributed by atoms with Gasteiger partial charge in [0.2, 0.25) is 0 Å². The van der Waals surface area contributed by atoms with E-state index >= 15 is 0 Å². The molecular formula is C11H7BrN2O3S. The van der Waals surface area contributed by atoms with Crippen molar-refractivity contribution in [2.45, 2.75) is 9.92 Å². The molecule has 0 saturated heterocycles. The summed E-state index contributed by atoms with van der Waals surface area (Å²) in [5.74, 6) is -1.03. The number of aromatic nitrogens is 2. The van der Waals surface area contributed by atoms with Gasteiger partial charge in [-0.2, -0.15) is 0 Å². The lowest BCUT2D eigenvalue weighted by atomic mass is 10.2. The molecule has 1 aromatic carbocycles. The number of hydrogen-bond donors (Lipinski definition) is 2. The molecule has 7 heteroatoms. The van der Waals surface area contributed by atoms with Crippen molar-refractivity contribution in [2.24, 2.45) is 0 Å². The summed E-state index contributed by atoms with van der Waals surface area (Å²) in [5.41, 5.74) is -0.158. The van der Waals surface area contributed by atoms with Crippen LogP contribution in [0.15, 0.2) is 49.8 Å². The third kappa shape index (κ3) is 2.80. The highest BCUT2D eigenvalue weighted by atomic mass is 79.9. The molecule has 0 bridgehead atoms. The van der Waals surface area contributed by atoms with Crippen molar-refractivity contribution in [2.75, 3.05) is 0 Å². The normalized spacial score (nSPS) is 10.3. The Morgan fingerprint density at radius 2 is 2.22 bits per heavy atom. The first-order chi connectivity index (χ1) is 8.58. The van der Waals surface area contributed by atoms with Crippen molar-refractivity contribution < 1.29 is 9.90 Å². The Balaban J connectivity index is 2.36. The zero-order chi connectivity index (χ0) is 13.1. The maximum absolute atomic E-state index is 11.4. The van der Waals surface area contributed by atoms with Gasteiger partial charge in [-0.3, -0.25) is 4.79 Å². The number of nitrogens with zero attached hydrogens (tertiary/aromatic N) is 1. The molecule has 2 N–H and O–H groups in total. The van der Waals surface area contributed by atoms with E-state index < -0.39 is 5.97 Å². The van der Waals surface area contributed by atoms with Gasteiger partial charge < -0.3 is 10.1 Å². The number of nitrogens with one attached hydrogen (secondary N) is 1. The highest BCUT2D eigenvalue weighted by Gasteiger charge is 2.11. The van der Waals surface area contributed by atoms with E-state index in [0.717, 1.165) is 11.8 Å². The maximum Gasteiger partial charge on any atom is 0.336 e. The molecule has 0 aliphatic heterocycles. The van der Waals surface area contributed by atoms with Crippen LogP contribution in [0.5, 0.6) is 0 Å². The van der Waals surface area contributed by atoms with Gasteiger partial charge >= 0.3 is 5.97 Å². The third-order valence-electron chi connectivity index (χ3n) is 2.06. The van der Waals surface area contributed by atoms with Crippen LogP contribution in [0.25, 0.3) is 0 Å². The smallest absolute Gasteiger partial charge is 0.336 e. The SMILES string of the molecule is O=C(O)c1cc(Sc2ncc[nH]c2=O)ccc1Br. The zero-order valence-electron chi connectivity index (χ0n) is 8.88. The number of benzene rings is 1. The summed E-state index contributed by atoms with van der Waals surface area (Å²) >= 11 is 4.27. The number of aromatic carboxylic acids is 1. The van der Waals surface area contributed by atoms with Crippen LogP contribution in [-0.4, -0.2) is 21.0 Å². The molecule has 0 radical (unpaired) electrons. The number of H-pyrrole nitrogens is 1. The molecule has 0 unspecified atom stereocenters. The molecule has 1 heterocycles. The van der Waals surface area contributed by atoms with Crippen LogP contribution in [-0.2, 0) is 0 Å². The van der Waals surface area contributed by atoms with E-state index in [-0.39, 0.29) is 16.1 Å². The summed E-state index contributed by atoms with van der Waals surface area (Å²) in [4.78, 5) is 29.5. The largest absolute Gasteiger partial charge is 0.478 e. The van der Waals surface area contributed by atoms with E-state index in [0.29, 0.717) is 9.37 Å². The Bertz CT molecular complexity index is 657. The number of hydrogen-bond acceptors (Lipinski definition) is 4. The number of rotatable bonds is 3. The minimum absolute atomic E-state index is 0.146. The van der Waals surface area contributed by atoms with Gasteiger partial charge in [-0.1, -0.05) is 11.8 Å². The van der Waals surface area contributed by atoms with Gasteiger partial charge in [-0.25, -0.2) is 9.78 Å². The molecule has 0 amide bonds. The van der Waals surface area contributed by atoms with Gasteiger partial charge in [-0.05, 0) is 34.1 Å². The van der Waals surface area contributed by atoms with Crippen molar-refractivity contribution in [3.63, 3.8) is 0 Å². The molecule has 0 saturated carbocycles. The van der Waals surface area contributed by atoms with Gasteiger partial charge in [0.05, 0.1) is 5.56 Å². The summed E-state index contributed by atoms with van der Waals surface area (Å²) < 4.78 is 0.495. The molecule has 1 aromatic heterocycles. The topological polar surface area (TPSA) is 83.0 Å². The molecule has 5 nitrogen and oxygen atoms in total. The molecular weight excluding hydrogens is 320 g/mol. The number of carboxylic acid groups (broad SMARTS) is 1. The van der Waals surface area contributed by atoms with Gasteiger partial charge in [-0.15, -0.1) is 0 Å². The minimum atomic E-state index is -1.03. The average Bonchev–Trinajstić information content (AvgIpc) is 2.34. The Morgan fingerprint density at radius 3 is 2.89 bits per heavy atom. The molecule has 92 valence electrons. The van der Waals surface area contributed by atoms with E-state index in [1.165, 1.54) is 18.5 Å². The molecule has 0 atom stereocenters. The van der Waals surface area contributed by atoms with Crippen LogP contribution in [0.1, 0.15) is 10.4 Å². The average molecular weight is 327 g/mol. The Kier molecular flexibility index (Phi) is 3.83. The number of halogens is 1. The fourth-order valence-electron chi connectivity index (χ4n) is 1.25.